The van der Waals surface area contributed by atoms with Gasteiger partial charge in [0, 0.05) is 12.6 Å². The van der Waals surface area contributed by atoms with Crippen molar-refractivity contribution in [3.05, 3.63) is 0 Å². The average molecular weight is 268 g/mol. The molecule has 0 aromatic carbocycles. The zero-order chi connectivity index (χ0) is 14.3. The SMILES string of the molecule is CCCCCCN1C(=O)N(C(C)CCCCC)C1=O. The first kappa shape index (κ1) is 16.0. The molecule has 4 heteroatoms. The zero-order valence-electron chi connectivity index (χ0n) is 12.7. The van der Waals surface area contributed by atoms with Crippen LogP contribution in [-0.4, -0.2) is 34.4 Å². The highest BCUT2D eigenvalue weighted by molar-refractivity contribution is 6.11. The van der Waals surface area contributed by atoms with E-state index < -0.39 is 0 Å². The summed E-state index contributed by atoms with van der Waals surface area (Å²) < 4.78 is 0. The molecule has 1 aliphatic heterocycles. The lowest BCUT2D eigenvalue weighted by molar-refractivity contribution is 0.0877. The van der Waals surface area contributed by atoms with Gasteiger partial charge in [0.25, 0.3) is 0 Å². The maximum absolute atomic E-state index is 11.9. The van der Waals surface area contributed by atoms with E-state index in [1.807, 2.05) is 6.92 Å². The van der Waals surface area contributed by atoms with Gasteiger partial charge in [0.15, 0.2) is 0 Å². The van der Waals surface area contributed by atoms with E-state index in [2.05, 4.69) is 13.8 Å². The fourth-order valence-corrected chi connectivity index (χ4v) is 2.46. The molecule has 0 aliphatic carbocycles. The van der Waals surface area contributed by atoms with Crippen molar-refractivity contribution in [2.45, 2.75) is 78.2 Å². The highest BCUT2D eigenvalue weighted by atomic mass is 16.2. The monoisotopic (exact) mass is 268 g/mol. The van der Waals surface area contributed by atoms with Crippen molar-refractivity contribution < 1.29 is 9.59 Å². The van der Waals surface area contributed by atoms with E-state index in [-0.39, 0.29) is 18.1 Å². The minimum Gasteiger partial charge on any atom is -0.247 e. The molecule has 0 spiro atoms. The maximum atomic E-state index is 11.9. The number of urea groups is 2. The van der Waals surface area contributed by atoms with Crippen molar-refractivity contribution in [3.63, 3.8) is 0 Å². The van der Waals surface area contributed by atoms with Gasteiger partial charge in [-0.05, 0) is 19.8 Å². The van der Waals surface area contributed by atoms with Crippen molar-refractivity contribution in [1.29, 1.82) is 0 Å². The number of hydrogen-bond acceptors (Lipinski definition) is 2. The molecule has 1 atom stereocenters. The van der Waals surface area contributed by atoms with Crippen LogP contribution in [-0.2, 0) is 0 Å². The van der Waals surface area contributed by atoms with E-state index >= 15 is 0 Å². The third-order valence-electron chi connectivity index (χ3n) is 3.78. The van der Waals surface area contributed by atoms with Gasteiger partial charge in [0.05, 0.1) is 0 Å². The summed E-state index contributed by atoms with van der Waals surface area (Å²) in [5.41, 5.74) is 0. The van der Waals surface area contributed by atoms with Gasteiger partial charge >= 0.3 is 12.1 Å². The van der Waals surface area contributed by atoms with Gasteiger partial charge in [0.1, 0.15) is 0 Å². The lowest BCUT2D eigenvalue weighted by Crippen LogP contribution is -2.66. The molecule has 1 aliphatic rings. The highest BCUT2D eigenvalue weighted by Crippen LogP contribution is 2.23. The van der Waals surface area contributed by atoms with Crippen LogP contribution in [0, 0.1) is 0 Å². The first-order valence-corrected chi connectivity index (χ1v) is 7.78. The molecule has 1 unspecified atom stereocenters. The Morgan fingerprint density at radius 2 is 1.47 bits per heavy atom. The average Bonchev–Trinajstić information content (AvgIpc) is 2.39. The second-order valence-electron chi connectivity index (χ2n) is 5.49. The standard InChI is InChI=1S/C15H28N2O2/c1-4-6-8-10-12-16-14(18)17(15(16)19)13(3)11-9-7-5-2/h13H,4-12H2,1-3H3. The third kappa shape index (κ3) is 4.22. The van der Waals surface area contributed by atoms with Gasteiger partial charge in [-0.15, -0.1) is 0 Å². The van der Waals surface area contributed by atoms with Crippen molar-refractivity contribution in [2.75, 3.05) is 6.54 Å². The number of imide groups is 2. The van der Waals surface area contributed by atoms with Gasteiger partial charge in [0.2, 0.25) is 0 Å². The molecule has 0 N–H and O–H groups in total. The molecule has 19 heavy (non-hydrogen) atoms. The number of nitrogens with zero attached hydrogens (tertiary/aromatic N) is 2. The van der Waals surface area contributed by atoms with Gasteiger partial charge in [-0.3, -0.25) is 0 Å². The van der Waals surface area contributed by atoms with E-state index in [0.717, 1.165) is 32.1 Å². The van der Waals surface area contributed by atoms with Crippen LogP contribution in [0.2, 0.25) is 0 Å². The Balaban J connectivity index is 2.28. The molecule has 4 nitrogen and oxygen atoms in total. The first-order chi connectivity index (χ1) is 9.13. The third-order valence-corrected chi connectivity index (χ3v) is 3.78. The summed E-state index contributed by atoms with van der Waals surface area (Å²) in [6.45, 7) is 6.87. The summed E-state index contributed by atoms with van der Waals surface area (Å²) in [6.07, 6.45) is 8.72. The minimum atomic E-state index is -0.0921. The second kappa shape index (κ2) is 8.18. The molecule has 0 bridgehead atoms. The second-order valence-corrected chi connectivity index (χ2v) is 5.49. The minimum absolute atomic E-state index is 0.0541. The van der Waals surface area contributed by atoms with Crippen LogP contribution < -0.4 is 0 Å². The normalized spacial score (nSPS) is 16.8. The zero-order valence-corrected chi connectivity index (χ0v) is 12.7. The Hall–Kier alpha value is -1.06. The predicted octanol–water partition coefficient (Wildman–Crippen LogP) is 4.39. The lowest BCUT2D eigenvalue weighted by atomic mass is 10.1. The number of carbonyl (C=O) groups excluding carboxylic acids is 2. The largest absolute Gasteiger partial charge is 0.336 e. The van der Waals surface area contributed by atoms with Crippen LogP contribution in [0.25, 0.3) is 0 Å². The van der Waals surface area contributed by atoms with E-state index in [0.29, 0.717) is 6.54 Å². The van der Waals surface area contributed by atoms with E-state index in [1.165, 1.54) is 29.1 Å². The van der Waals surface area contributed by atoms with Crippen molar-refractivity contribution in [2.24, 2.45) is 0 Å². The fraction of sp³-hybridized carbons (Fsp3) is 0.867. The quantitative estimate of drug-likeness (QED) is 0.551. The Labute approximate surface area is 117 Å². The van der Waals surface area contributed by atoms with Crippen LogP contribution in [0.3, 0.4) is 0 Å². The first-order valence-electron chi connectivity index (χ1n) is 7.78. The Morgan fingerprint density at radius 3 is 2.05 bits per heavy atom. The summed E-state index contributed by atoms with van der Waals surface area (Å²) in [5.74, 6) is 0. The van der Waals surface area contributed by atoms with E-state index in [1.54, 1.807) is 0 Å². The Kier molecular flexibility index (Phi) is 6.89. The number of carbonyl (C=O) groups is 2. The van der Waals surface area contributed by atoms with Crippen molar-refractivity contribution in [1.82, 2.24) is 9.80 Å². The molecule has 1 saturated heterocycles. The number of rotatable bonds is 10. The molecule has 110 valence electrons. The van der Waals surface area contributed by atoms with Crippen LogP contribution >= 0.6 is 0 Å². The molecular formula is C15H28N2O2. The molecule has 0 radical (unpaired) electrons. The molecule has 1 rings (SSSR count). The predicted molar refractivity (Wildman–Crippen MR) is 77.1 cm³/mol. The van der Waals surface area contributed by atoms with Crippen LogP contribution in [0.1, 0.15) is 72.1 Å². The number of amides is 4. The molecule has 4 amide bonds. The van der Waals surface area contributed by atoms with Gasteiger partial charge in [-0.25, -0.2) is 19.4 Å². The summed E-state index contributed by atoms with van der Waals surface area (Å²) in [4.78, 5) is 26.7. The fourth-order valence-electron chi connectivity index (χ4n) is 2.46. The molecule has 0 saturated carbocycles. The van der Waals surface area contributed by atoms with Crippen LogP contribution in [0.5, 0.6) is 0 Å². The van der Waals surface area contributed by atoms with E-state index in [4.69, 9.17) is 0 Å². The summed E-state index contributed by atoms with van der Waals surface area (Å²) in [6, 6.07) is -0.130. The number of hydrogen-bond donors (Lipinski definition) is 0. The molecule has 1 heterocycles. The van der Waals surface area contributed by atoms with Gasteiger partial charge in [-0.2, -0.15) is 0 Å². The molecule has 1 fully saturated rings. The van der Waals surface area contributed by atoms with Crippen LogP contribution in [0.15, 0.2) is 0 Å². The number of unbranched alkanes of at least 4 members (excludes halogenated alkanes) is 5. The highest BCUT2D eigenvalue weighted by Gasteiger charge is 2.45. The maximum Gasteiger partial charge on any atom is 0.336 e. The van der Waals surface area contributed by atoms with Crippen LogP contribution in [0.4, 0.5) is 9.59 Å². The molecule has 0 aromatic rings. The van der Waals surface area contributed by atoms with Gasteiger partial charge in [-0.1, -0.05) is 52.4 Å². The molecule has 0 aromatic heterocycles. The van der Waals surface area contributed by atoms with Crippen molar-refractivity contribution in [3.8, 4) is 0 Å². The molecular weight excluding hydrogens is 240 g/mol. The summed E-state index contributed by atoms with van der Waals surface area (Å²) >= 11 is 0. The smallest absolute Gasteiger partial charge is 0.247 e. The Bertz CT molecular complexity index is 289. The Morgan fingerprint density at radius 1 is 0.895 bits per heavy atom. The topological polar surface area (TPSA) is 40.6 Å². The lowest BCUT2D eigenvalue weighted by Gasteiger charge is -2.42. The van der Waals surface area contributed by atoms with Crippen molar-refractivity contribution >= 4 is 12.1 Å². The van der Waals surface area contributed by atoms with Gasteiger partial charge < -0.3 is 0 Å². The van der Waals surface area contributed by atoms with E-state index in [9.17, 15) is 9.59 Å². The summed E-state index contributed by atoms with van der Waals surface area (Å²) in [7, 11) is 0. The summed E-state index contributed by atoms with van der Waals surface area (Å²) in [5, 5.41) is 0.